The molecule has 2 aromatic carbocycles. The second-order valence-electron chi connectivity index (χ2n) is 8.42. The molecule has 2 aromatic rings. The first kappa shape index (κ1) is 24.4. The van der Waals surface area contributed by atoms with E-state index in [1.807, 2.05) is 36.4 Å². The Labute approximate surface area is 188 Å². The summed E-state index contributed by atoms with van der Waals surface area (Å²) in [4.78, 5) is 11.2. The van der Waals surface area contributed by atoms with Crippen LogP contribution in [0, 0.1) is 0 Å². The van der Waals surface area contributed by atoms with Crippen molar-refractivity contribution in [3.05, 3.63) is 100 Å². The van der Waals surface area contributed by atoms with Gasteiger partial charge in [0.25, 0.3) is 0 Å². The Hall–Kier alpha value is -2.87. The van der Waals surface area contributed by atoms with Crippen LogP contribution >= 0.6 is 0 Å². The third-order valence-electron chi connectivity index (χ3n) is 5.25. The zero-order chi connectivity index (χ0) is 22.5. The first-order valence-electron chi connectivity index (χ1n) is 11.2. The van der Waals surface area contributed by atoms with Crippen molar-refractivity contribution in [2.45, 2.75) is 66.4 Å². The lowest BCUT2D eigenvalue weighted by atomic mass is 10.0. The largest absolute Gasteiger partial charge is 0.489 e. The lowest BCUT2D eigenvalue weighted by molar-refractivity contribution is 0.112. The molecule has 0 spiro atoms. The molecule has 31 heavy (non-hydrogen) atoms. The van der Waals surface area contributed by atoms with Crippen molar-refractivity contribution < 1.29 is 9.53 Å². The number of hydrogen-bond acceptors (Lipinski definition) is 2. The molecule has 0 amide bonds. The summed E-state index contributed by atoms with van der Waals surface area (Å²) in [6.07, 6.45) is 12.9. The summed E-state index contributed by atoms with van der Waals surface area (Å²) in [5.41, 5.74) is 7.07. The number of hydrogen-bond donors (Lipinski definition) is 0. The summed E-state index contributed by atoms with van der Waals surface area (Å²) < 4.78 is 6.06. The van der Waals surface area contributed by atoms with Crippen molar-refractivity contribution in [2.75, 3.05) is 0 Å². The number of carbonyl (C=O) groups excluding carboxylic acids is 1. The van der Waals surface area contributed by atoms with E-state index in [0.717, 1.165) is 55.3 Å². The molecule has 0 saturated carbocycles. The summed E-state index contributed by atoms with van der Waals surface area (Å²) in [7, 11) is 0. The van der Waals surface area contributed by atoms with Crippen molar-refractivity contribution in [2.24, 2.45) is 0 Å². The van der Waals surface area contributed by atoms with Crippen molar-refractivity contribution in [1.82, 2.24) is 0 Å². The van der Waals surface area contributed by atoms with Gasteiger partial charge in [0.15, 0.2) is 0 Å². The van der Waals surface area contributed by atoms with Gasteiger partial charge in [-0.05, 0) is 89.1 Å². The Bertz CT molecular complexity index is 913. The second-order valence-corrected chi connectivity index (χ2v) is 8.42. The minimum Gasteiger partial charge on any atom is -0.489 e. The Kier molecular flexibility index (Phi) is 10.6. The minimum absolute atomic E-state index is 0.522. The summed E-state index contributed by atoms with van der Waals surface area (Å²) in [6, 6.07) is 15.8. The van der Waals surface area contributed by atoms with Gasteiger partial charge in [-0.1, -0.05) is 65.3 Å². The highest BCUT2D eigenvalue weighted by molar-refractivity contribution is 5.75. The predicted octanol–water partition coefficient (Wildman–Crippen LogP) is 8.04. The fourth-order valence-electron chi connectivity index (χ4n) is 3.33. The van der Waals surface area contributed by atoms with Crippen LogP contribution in [-0.4, -0.2) is 6.29 Å². The molecule has 0 aliphatic heterocycles. The number of aldehydes is 1. The molecule has 0 N–H and O–H groups in total. The summed E-state index contributed by atoms with van der Waals surface area (Å²) >= 11 is 0. The molecule has 0 radical (unpaired) electrons. The van der Waals surface area contributed by atoms with Gasteiger partial charge in [-0.2, -0.15) is 0 Å². The number of benzene rings is 2. The molecule has 0 fully saturated rings. The molecular weight excluding hydrogens is 380 g/mol. The Balaban J connectivity index is 1.94. The van der Waals surface area contributed by atoms with Crippen LogP contribution in [0.2, 0.25) is 0 Å². The molecule has 0 atom stereocenters. The molecule has 0 aliphatic rings. The van der Waals surface area contributed by atoms with Crippen molar-refractivity contribution >= 4 is 6.29 Å². The summed E-state index contributed by atoms with van der Waals surface area (Å²) in [5, 5.41) is 0. The molecule has 0 aliphatic carbocycles. The Morgan fingerprint density at radius 1 is 0.839 bits per heavy atom. The minimum atomic E-state index is 0.522. The normalized spacial score (nSPS) is 11.9. The maximum atomic E-state index is 11.2. The zero-order valence-electron chi connectivity index (χ0n) is 19.5. The van der Waals surface area contributed by atoms with Crippen LogP contribution in [-0.2, 0) is 13.0 Å². The molecule has 0 bridgehead atoms. The van der Waals surface area contributed by atoms with Gasteiger partial charge >= 0.3 is 0 Å². The van der Waals surface area contributed by atoms with Crippen LogP contribution < -0.4 is 4.74 Å². The number of allylic oxidation sites excluding steroid dienone is 6. The molecule has 0 unspecified atom stereocenters. The average molecular weight is 417 g/mol. The monoisotopic (exact) mass is 416 g/mol. The first-order chi connectivity index (χ1) is 15.0. The molecule has 2 nitrogen and oxygen atoms in total. The fourth-order valence-corrected chi connectivity index (χ4v) is 3.33. The van der Waals surface area contributed by atoms with Gasteiger partial charge in [-0.25, -0.2) is 0 Å². The smallest absolute Gasteiger partial charge is 0.150 e. The van der Waals surface area contributed by atoms with Crippen LogP contribution in [0.5, 0.6) is 5.75 Å². The van der Waals surface area contributed by atoms with Gasteiger partial charge < -0.3 is 4.74 Å². The third kappa shape index (κ3) is 9.65. The lowest BCUT2D eigenvalue weighted by Crippen LogP contribution is -1.99. The van der Waals surface area contributed by atoms with Crippen molar-refractivity contribution in [1.29, 1.82) is 0 Å². The van der Waals surface area contributed by atoms with E-state index in [9.17, 15) is 4.79 Å². The van der Waals surface area contributed by atoms with Crippen LogP contribution in [0.1, 0.15) is 74.9 Å². The van der Waals surface area contributed by atoms with E-state index in [4.69, 9.17) is 4.74 Å². The Morgan fingerprint density at radius 2 is 1.52 bits per heavy atom. The van der Waals surface area contributed by atoms with Gasteiger partial charge in [0.2, 0.25) is 0 Å². The fraction of sp³-hybridized carbons (Fsp3) is 0.345. The van der Waals surface area contributed by atoms with E-state index < -0.39 is 0 Å². The first-order valence-corrected chi connectivity index (χ1v) is 11.2. The number of ether oxygens (including phenoxy) is 1. The third-order valence-corrected chi connectivity index (χ3v) is 5.25. The topological polar surface area (TPSA) is 26.3 Å². The van der Waals surface area contributed by atoms with Gasteiger partial charge in [-0.3, -0.25) is 4.79 Å². The highest BCUT2D eigenvalue weighted by atomic mass is 16.5. The molecule has 2 heteroatoms. The number of carbonyl (C=O) groups is 1. The molecule has 0 aromatic heterocycles. The van der Waals surface area contributed by atoms with Crippen molar-refractivity contribution in [3.8, 4) is 5.75 Å². The van der Waals surface area contributed by atoms with Crippen LogP contribution in [0.15, 0.2) is 83.5 Å². The maximum Gasteiger partial charge on any atom is 0.150 e. The lowest BCUT2D eigenvalue weighted by Gasteiger charge is -2.12. The van der Waals surface area contributed by atoms with Gasteiger partial charge in [0, 0.05) is 5.56 Å². The van der Waals surface area contributed by atoms with E-state index in [-0.39, 0.29) is 0 Å². The SMILES string of the molecule is CC(C)=CCC/C(C)=C/CC/C(C)=C/Cc1cc(C=O)ccc1OCc1ccccc1. The van der Waals surface area contributed by atoms with Crippen molar-refractivity contribution in [3.63, 3.8) is 0 Å². The molecule has 164 valence electrons. The average Bonchev–Trinajstić information content (AvgIpc) is 2.77. The molecule has 0 saturated heterocycles. The second kappa shape index (κ2) is 13.4. The van der Waals surface area contributed by atoms with Gasteiger partial charge in [-0.15, -0.1) is 0 Å². The van der Waals surface area contributed by atoms with Crippen LogP contribution in [0.3, 0.4) is 0 Å². The molecular formula is C29H36O2. The van der Waals surface area contributed by atoms with E-state index in [2.05, 4.69) is 58.1 Å². The van der Waals surface area contributed by atoms with E-state index in [1.54, 1.807) is 0 Å². The highest BCUT2D eigenvalue weighted by Crippen LogP contribution is 2.23. The molecule has 0 heterocycles. The standard InChI is InChI=1S/C29H36O2/c1-23(2)10-8-11-24(3)12-9-13-25(4)16-18-28-20-27(21-30)17-19-29(28)31-22-26-14-6-5-7-15-26/h5-7,10,12,14-17,19-21H,8-9,11,13,18,22H2,1-4H3/b24-12+,25-16+. The zero-order valence-corrected chi connectivity index (χ0v) is 19.5. The number of rotatable bonds is 12. The predicted molar refractivity (Wildman–Crippen MR) is 132 cm³/mol. The highest BCUT2D eigenvalue weighted by Gasteiger charge is 2.05. The van der Waals surface area contributed by atoms with E-state index in [1.165, 1.54) is 16.7 Å². The maximum absolute atomic E-state index is 11.2. The summed E-state index contributed by atoms with van der Waals surface area (Å²) in [6.45, 7) is 9.22. The van der Waals surface area contributed by atoms with Gasteiger partial charge in [0.1, 0.15) is 18.6 Å². The van der Waals surface area contributed by atoms with Crippen LogP contribution in [0.25, 0.3) is 0 Å². The van der Waals surface area contributed by atoms with Gasteiger partial charge in [0.05, 0.1) is 0 Å². The Morgan fingerprint density at radius 3 is 2.19 bits per heavy atom. The van der Waals surface area contributed by atoms with E-state index >= 15 is 0 Å². The van der Waals surface area contributed by atoms with Crippen LogP contribution in [0.4, 0.5) is 0 Å². The summed E-state index contributed by atoms with van der Waals surface area (Å²) in [5.74, 6) is 0.841. The quantitative estimate of drug-likeness (QED) is 0.258. The molecule has 2 rings (SSSR count). The van der Waals surface area contributed by atoms with E-state index in [0.29, 0.717) is 12.2 Å².